The fraction of sp³-hybridized carbons (Fsp3) is 0.567. The van der Waals surface area contributed by atoms with E-state index >= 15 is 0 Å². The number of amides is 1. The van der Waals surface area contributed by atoms with Crippen LogP contribution in [0.25, 0.3) is 11.1 Å². The van der Waals surface area contributed by atoms with Crippen molar-refractivity contribution < 1.29 is 18.0 Å². The number of thioether (sulfide) groups is 1. The molecule has 8 nitrogen and oxygen atoms in total. The molecule has 11 heteroatoms. The molecule has 2 N–H and O–H groups in total. The topological polar surface area (TPSA) is 94.5 Å². The lowest BCUT2D eigenvalue weighted by Crippen LogP contribution is -2.38. The van der Waals surface area contributed by atoms with Gasteiger partial charge in [0, 0.05) is 68.1 Å². The molecule has 0 saturated carbocycles. The lowest BCUT2D eigenvalue weighted by molar-refractivity contribution is -0.0577. The SMILES string of the molecule is CCN(c1cc2oc(CN3CCC(F)(F)CC3)nc2c(C(=O)NCc2c(C)cc(C)[nH]c2=O)c1C)C1CCSCC1. The fourth-order valence-electron chi connectivity index (χ4n) is 6.05. The normalized spacial score (nSPS) is 18.1. The van der Waals surface area contributed by atoms with Crippen LogP contribution in [0.1, 0.15) is 71.2 Å². The van der Waals surface area contributed by atoms with Crippen LogP contribution < -0.4 is 15.8 Å². The lowest BCUT2D eigenvalue weighted by Gasteiger charge is -2.36. The van der Waals surface area contributed by atoms with Gasteiger partial charge in [0.1, 0.15) is 5.52 Å². The summed E-state index contributed by atoms with van der Waals surface area (Å²) in [4.78, 5) is 38.2. The maximum Gasteiger partial charge on any atom is 0.254 e. The van der Waals surface area contributed by atoms with Gasteiger partial charge in [-0.2, -0.15) is 11.8 Å². The first-order valence-corrected chi connectivity index (χ1v) is 15.6. The van der Waals surface area contributed by atoms with Gasteiger partial charge in [-0.25, -0.2) is 13.8 Å². The minimum atomic E-state index is -2.63. The minimum absolute atomic E-state index is 0.0788. The number of nitrogens with one attached hydrogen (secondary N) is 2. The molecule has 2 aliphatic rings. The molecule has 3 aromatic rings. The predicted molar refractivity (Wildman–Crippen MR) is 159 cm³/mol. The molecule has 0 radical (unpaired) electrons. The zero-order chi connectivity index (χ0) is 29.3. The van der Waals surface area contributed by atoms with Crippen molar-refractivity contribution >= 4 is 34.5 Å². The van der Waals surface area contributed by atoms with Crippen LogP contribution in [0.15, 0.2) is 21.3 Å². The average Bonchev–Trinajstić information content (AvgIpc) is 3.32. The first kappa shape index (κ1) is 29.6. The van der Waals surface area contributed by atoms with E-state index in [0.717, 1.165) is 53.4 Å². The van der Waals surface area contributed by atoms with Gasteiger partial charge in [0.2, 0.25) is 5.89 Å². The summed E-state index contributed by atoms with van der Waals surface area (Å²) in [6, 6.07) is 4.22. The predicted octanol–water partition coefficient (Wildman–Crippen LogP) is 5.32. The van der Waals surface area contributed by atoms with Crippen molar-refractivity contribution in [2.24, 2.45) is 0 Å². The van der Waals surface area contributed by atoms with Crippen LogP contribution in [0, 0.1) is 20.8 Å². The van der Waals surface area contributed by atoms with Crippen LogP contribution in [0.4, 0.5) is 14.5 Å². The summed E-state index contributed by atoms with van der Waals surface area (Å²) >= 11 is 1.96. The quantitative estimate of drug-likeness (QED) is 0.368. The standard InChI is InChI=1S/C30H39F2N5O3S/c1-5-37(21-6-12-41-13-7-21)23-15-24-27(35-25(40-24)17-36-10-8-30(31,32)9-11-36)26(20(23)4)29(39)33-16-22-18(2)14-19(3)34-28(22)38/h14-15,21H,5-13,16-17H2,1-4H3,(H,33,39)(H,34,38). The third kappa shape index (κ3) is 6.45. The van der Waals surface area contributed by atoms with E-state index in [1.807, 2.05) is 49.6 Å². The van der Waals surface area contributed by atoms with E-state index in [1.54, 1.807) is 0 Å². The van der Waals surface area contributed by atoms with E-state index in [4.69, 9.17) is 9.40 Å². The highest BCUT2D eigenvalue weighted by atomic mass is 32.2. The van der Waals surface area contributed by atoms with Gasteiger partial charge in [-0.05, 0) is 69.2 Å². The number of likely N-dealkylation sites (tertiary alicyclic amines) is 1. The summed E-state index contributed by atoms with van der Waals surface area (Å²) in [5, 5.41) is 2.96. The molecular weight excluding hydrogens is 548 g/mol. The van der Waals surface area contributed by atoms with E-state index in [1.165, 1.54) is 0 Å². The first-order valence-electron chi connectivity index (χ1n) is 14.4. The number of H-pyrrole nitrogens is 1. The van der Waals surface area contributed by atoms with Crippen LogP contribution in [0.3, 0.4) is 0 Å². The van der Waals surface area contributed by atoms with Crippen molar-refractivity contribution in [1.82, 2.24) is 20.2 Å². The molecule has 1 aromatic carbocycles. The number of aromatic amines is 1. The van der Waals surface area contributed by atoms with Gasteiger partial charge in [-0.15, -0.1) is 0 Å². The number of alkyl halides is 2. The van der Waals surface area contributed by atoms with Crippen LogP contribution in [-0.2, 0) is 13.1 Å². The van der Waals surface area contributed by atoms with Crippen molar-refractivity contribution in [1.29, 1.82) is 0 Å². The molecule has 222 valence electrons. The Kier molecular flexibility index (Phi) is 8.75. The Morgan fingerprint density at radius 3 is 2.59 bits per heavy atom. The molecule has 0 aliphatic carbocycles. The number of carbonyl (C=O) groups excluding carboxylic acids is 1. The van der Waals surface area contributed by atoms with Gasteiger partial charge in [0.25, 0.3) is 17.4 Å². The average molecular weight is 588 g/mol. The smallest absolute Gasteiger partial charge is 0.254 e. The number of halogens is 2. The number of pyridine rings is 1. The summed E-state index contributed by atoms with van der Waals surface area (Å²) < 4.78 is 33.6. The maximum absolute atomic E-state index is 13.8. The van der Waals surface area contributed by atoms with E-state index < -0.39 is 5.92 Å². The summed E-state index contributed by atoms with van der Waals surface area (Å²) in [6.07, 6.45) is 1.75. The number of benzene rings is 1. The van der Waals surface area contributed by atoms with Gasteiger partial charge in [-0.3, -0.25) is 14.5 Å². The number of aryl methyl sites for hydroxylation is 2. The third-order valence-corrected chi connectivity index (χ3v) is 9.39. The number of fused-ring (bicyclic) bond motifs is 1. The molecule has 2 aromatic heterocycles. The highest BCUT2D eigenvalue weighted by Crippen LogP contribution is 2.36. The van der Waals surface area contributed by atoms with Crippen LogP contribution in [0.5, 0.6) is 0 Å². The van der Waals surface area contributed by atoms with Crippen molar-refractivity contribution in [2.45, 2.75) is 78.4 Å². The molecule has 0 bridgehead atoms. The zero-order valence-corrected chi connectivity index (χ0v) is 25.1. The number of oxazole rings is 1. The molecule has 0 spiro atoms. The van der Waals surface area contributed by atoms with Gasteiger partial charge < -0.3 is 19.6 Å². The maximum atomic E-state index is 13.8. The van der Waals surface area contributed by atoms with Gasteiger partial charge in [0.05, 0.1) is 12.1 Å². The fourth-order valence-corrected chi connectivity index (χ4v) is 7.13. The molecule has 2 saturated heterocycles. The van der Waals surface area contributed by atoms with Gasteiger partial charge in [-0.1, -0.05) is 0 Å². The molecule has 41 heavy (non-hydrogen) atoms. The molecule has 2 aliphatic heterocycles. The Bertz CT molecular complexity index is 1470. The highest BCUT2D eigenvalue weighted by molar-refractivity contribution is 7.99. The summed E-state index contributed by atoms with van der Waals surface area (Å²) in [5.41, 5.74) is 4.97. The first-order chi connectivity index (χ1) is 19.6. The second kappa shape index (κ2) is 12.1. The van der Waals surface area contributed by atoms with Crippen LogP contribution >= 0.6 is 11.8 Å². The Hall–Kier alpha value is -2.92. The Morgan fingerprint density at radius 1 is 1.22 bits per heavy atom. The third-order valence-electron chi connectivity index (χ3n) is 8.34. The van der Waals surface area contributed by atoms with Crippen molar-refractivity contribution in [3.05, 3.63) is 56.3 Å². The van der Waals surface area contributed by atoms with Crippen molar-refractivity contribution in [3.8, 4) is 0 Å². The van der Waals surface area contributed by atoms with E-state index in [9.17, 15) is 18.4 Å². The van der Waals surface area contributed by atoms with Gasteiger partial charge >= 0.3 is 0 Å². The molecule has 1 amide bonds. The number of aromatic nitrogens is 2. The second-order valence-electron chi connectivity index (χ2n) is 11.2. The monoisotopic (exact) mass is 587 g/mol. The van der Waals surface area contributed by atoms with Crippen molar-refractivity contribution in [2.75, 3.05) is 36.0 Å². The van der Waals surface area contributed by atoms with Crippen LogP contribution in [-0.4, -0.2) is 63.9 Å². The number of nitrogens with zero attached hydrogens (tertiary/aromatic N) is 3. The van der Waals surface area contributed by atoms with Crippen LogP contribution in [0.2, 0.25) is 0 Å². The number of carbonyl (C=O) groups is 1. The molecule has 5 rings (SSSR count). The van der Waals surface area contributed by atoms with E-state index in [-0.39, 0.29) is 43.9 Å². The largest absolute Gasteiger partial charge is 0.439 e. The molecular formula is C30H39F2N5O3S. The lowest BCUT2D eigenvalue weighted by atomic mass is 10.00. The second-order valence-corrected chi connectivity index (χ2v) is 12.5. The van der Waals surface area contributed by atoms with Crippen molar-refractivity contribution in [3.63, 3.8) is 0 Å². The van der Waals surface area contributed by atoms with Gasteiger partial charge in [0.15, 0.2) is 5.58 Å². The van der Waals surface area contributed by atoms with E-state index in [0.29, 0.717) is 40.7 Å². The summed E-state index contributed by atoms with van der Waals surface area (Å²) in [6.45, 7) is 9.42. The minimum Gasteiger partial charge on any atom is -0.439 e. The number of piperidine rings is 1. The summed E-state index contributed by atoms with van der Waals surface area (Å²) in [7, 11) is 0. The molecule has 4 heterocycles. The van der Waals surface area contributed by atoms with E-state index in [2.05, 4.69) is 22.1 Å². The summed E-state index contributed by atoms with van der Waals surface area (Å²) in [5.74, 6) is -0.364. The number of hydrogen-bond donors (Lipinski definition) is 2. The zero-order valence-electron chi connectivity index (χ0n) is 24.2. The Morgan fingerprint density at radius 2 is 1.93 bits per heavy atom. The highest BCUT2D eigenvalue weighted by Gasteiger charge is 2.34. The number of anilines is 1. The number of rotatable bonds is 8. The molecule has 0 unspecified atom stereocenters. The number of hydrogen-bond acceptors (Lipinski definition) is 7. The molecule has 2 fully saturated rings. The Labute approximate surface area is 243 Å². The molecule has 0 atom stereocenters. The Balaban J connectivity index is 1.50.